The Morgan fingerprint density at radius 3 is 1.86 bits per heavy atom. The monoisotopic (exact) mass is 108 g/mol. The molecule has 0 atom stereocenters. The van der Waals surface area contributed by atoms with Gasteiger partial charge in [-0.15, -0.1) is 0 Å². The lowest BCUT2D eigenvalue weighted by Crippen LogP contribution is -2.10. The maximum Gasteiger partial charge on any atom is 0.223 e. The molecule has 0 radical (unpaired) electrons. The third-order valence-electron chi connectivity index (χ3n) is 0.568. The van der Waals surface area contributed by atoms with Crippen molar-refractivity contribution in [3.63, 3.8) is 0 Å². The van der Waals surface area contributed by atoms with E-state index in [1.54, 1.807) is 6.92 Å². The molecule has 0 aromatic rings. The quantitative estimate of drug-likeness (QED) is 0.317. The van der Waals surface area contributed by atoms with E-state index in [0.717, 1.165) is 0 Å². The number of hydrogen-bond donors (Lipinski definition) is 2. The summed E-state index contributed by atoms with van der Waals surface area (Å²) in [5.41, 5.74) is 0. The molecule has 0 amide bonds. The van der Waals surface area contributed by atoms with Crippen LogP contribution in [0.1, 0.15) is 13.3 Å². The maximum absolute atomic E-state index is 7.74. The fourth-order valence-electron chi connectivity index (χ4n) is 0.168. The lowest BCUT2D eigenvalue weighted by atomic mass is 10.5. The van der Waals surface area contributed by atoms with E-state index >= 15 is 0 Å². The predicted octanol–water partition coefficient (Wildman–Crippen LogP) is 0.702. The summed E-state index contributed by atoms with van der Waals surface area (Å²) in [5, 5.41) is 15.5. The topological polar surface area (TPSA) is 58.9 Å². The molecule has 0 bridgehead atoms. The van der Waals surface area contributed by atoms with Gasteiger partial charge in [0, 0.05) is 6.42 Å². The number of hydrogen-bond acceptors (Lipinski definition) is 4. The molecule has 0 spiro atoms. The molecular formula is C3H8O4. The summed E-state index contributed by atoms with van der Waals surface area (Å²) < 4.78 is 0. The van der Waals surface area contributed by atoms with Gasteiger partial charge in [0.05, 0.1) is 0 Å². The first-order chi connectivity index (χ1) is 3.35. The highest BCUT2D eigenvalue weighted by Gasteiger charge is 2.01. The zero-order valence-electron chi connectivity index (χ0n) is 4.00. The largest absolute Gasteiger partial charge is 0.249 e. The standard InChI is InChI=1S/C3H8O4/c1-2-3(6-4)7-5/h3-5H,2H2,1H3. The molecule has 0 aromatic heterocycles. The first-order valence-electron chi connectivity index (χ1n) is 1.95. The van der Waals surface area contributed by atoms with E-state index in [1.807, 2.05) is 0 Å². The Labute approximate surface area is 41.1 Å². The van der Waals surface area contributed by atoms with Crippen molar-refractivity contribution in [2.75, 3.05) is 0 Å². The second-order valence-electron chi connectivity index (χ2n) is 1.05. The van der Waals surface area contributed by atoms with Crippen LogP contribution in [0.5, 0.6) is 0 Å². The van der Waals surface area contributed by atoms with Gasteiger partial charge in [0.1, 0.15) is 0 Å². The van der Waals surface area contributed by atoms with Crippen LogP contribution in [-0.4, -0.2) is 16.8 Å². The van der Waals surface area contributed by atoms with Crippen LogP contribution in [0.2, 0.25) is 0 Å². The van der Waals surface area contributed by atoms with Crippen molar-refractivity contribution in [3.05, 3.63) is 0 Å². The van der Waals surface area contributed by atoms with E-state index in [1.165, 1.54) is 0 Å². The minimum Gasteiger partial charge on any atom is -0.249 e. The lowest BCUT2D eigenvalue weighted by Gasteiger charge is -2.02. The smallest absolute Gasteiger partial charge is 0.223 e. The summed E-state index contributed by atoms with van der Waals surface area (Å²) in [4.78, 5) is 7.15. The Morgan fingerprint density at radius 2 is 1.86 bits per heavy atom. The van der Waals surface area contributed by atoms with E-state index in [-0.39, 0.29) is 0 Å². The van der Waals surface area contributed by atoms with Crippen molar-refractivity contribution >= 4 is 0 Å². The second-order valence-corrected chi connectivity index (χ2v) is 1.05. The lowest BCUT2D eigenvalue weighted by molar-refractivity contribution is -0.431. The molecule has 0 aliphatic rings. The summed E-state index contributed by atoms with van der Waals surface area (Å²) in [7, 11) is 0. The van der Waals surface area contributed by atoms with Crippen molar-refractivity contribution in [2.45, 2.75) is 19.6 Å². The van der Waals surface area contributed by atoms with Crippen molar-refractivity contribution in [1.29, 1.82) is 0 Å². The Hall–Kier alpha value is -0.160. The van der Waals surface area contributed by atoms with Crippen LogP contribution in [0, 0.1) is 0 Å². The van der Waals surface area contributed by atoms with Crippen LogP contribution < -0.4 is 0 Å². The first-order valence-corrected chi connectivity index (χ1v) is 1.95. The van der Waals surface area contributed by atoms with Gasteiger partial charge >= 0.3 is 0 Å². The highest BCUT2D eigenvalue weighted by atomic mass is 17.2. The van der Waals surface area contributed by atoms with Crippen molar-refractivity contribution < 1.29 is 20.3 Å². The molecule has 2 N–H and O–H groups in total. The van der Waals surface area contributed by atoms with Gasteiger partial charge in [-0.25, -0.2) is 20.3 Å². The molecule has 44 valence electrons. The van der Waals surface area contributed by atoms with Crippen LogP contribution in [0.3, 0.4) is 0 Å². The molecule has 4 nitrogen and oxygen atoms in total. The van der Waals surface area contributed by atoms with Gasteiger partial charge in [0.25, 0.3) is 0 Å². The highest BCUT2D eigenvalue weighted by molar-refractivity contribution is 4.26. The van der Waals surface area contributed by atoms with Crippen LogP contribution >= 0.6 is 0 Å². The van der Waals surface area contributed by atoms with Gasteiger partial charge in [0.15, 0.2) is 0 Å². The zero-order valence-corrected chi connectivity index (χ0v) is 4.00. The summed E-state index contributed by atoms with van der Waals surface area (Å²) in [6.07, 6.45) is -0.493. The Bertz CT molecular complexity index is 28.4. The van der Waals surface area contributed by atoms with Crippen molar-refractivity contribution in [1.82, 2.24) is 0 Å². The van der Waals surface area contributed by atoms with Gasteiger partial charge in [-0.05, 0) is 0 Å². The molecule has 0 fully saturated rings. The van der Waals surface area contributed by atoms with Gasteiger partial charge in [0.2, 0.25) is 6.29 Å². The molecular weight excluding hydrogens is 100 g/mol. The average molecular weight is 108 g/mol. The average Bonchev–Trinajstić information content (AvgIpc) is 1.72. The fraction of sp³-hybridized carbons (Fsp3) is 1.00. The summed E-state index contributed by atoms with van der Waals surface area (Å²) in [6.45, 7) is 1.69. The van der Waals surface area contributed by atoms with Crippen LogP contribution in [-0.2, 0) is 9.78 Å². The molecule has 0 unspecified atom stereocenters. The first kappa shape index (κ1) is 6.84. The molecule has 0 aliphatic heterocycles. The van der Waals surface area contributed by atoms with E-state index in [9.17, 15) is 0 Å². The Balaban J connectivity index is 2.99. The van der Waals surface area contributed by atoms with Crippen molar-refractivity contribution in [3.8, 4) is 0 Å². The van der Waals surface area contributed by atoms with E-state index in [4.69, 9.17) is 10.5 Å². The normalized spacial score (nSPS) is 10.3. The third-order valence-corrected chi connectivity index (χ3v) is 0.568. The molecule has 0 rings (SSSR count). The Kier molecular flexibility index (Phi) is 3.92. The third kappa shape index (κ3) is 2.52. The van der Waals surface area contributed by atoms with Gasteiger partial charge < -0.3 is 0 Å². The molecule has 0 aromatic carbocycles. The molecule has 0 aliphatic carbocycles. The Morgan fingerprint density at radius 1 is 1.43 bits per heavy atom. The van der Waals surface area contributed by atoms with Crippen molar-refractivity contribution in [2.24, 2.45) is 0 Å². The second kappa shape index (κ2) is 4.01. The van der Waals surface area contributed by atoms with Gasteiger partial charge in [-0.3, -0.25) is 0 Å². The minimum atomic E-state index is -0.903. The molecule has 7 heavy (non-hydrogen) atoms. The summed E-state index contributed by atoms with van der Waals surface area (Å²) >= 11 is 0. The highest BCUT2D eigenvalue weighted by Crippen LogP contribution is 1.92. The van der Waals surface area contributed by atoms with Gasteiger partial charge in [-0.1, -0.05) is 6.92 Å². The van der Waals surface area contributed by atoms with E-state index in [2.05, 4.69) is 9.78 Å². The predicted molar refractivity (Wildman–Crippen MR) is 21.5 cm³/mol. The maximum atomic E-state index is 7.74. The summed E-state index contributed by atoms with van der Waals surface area (Å²) in [5.74, 6) is 0. The molecule has 0 heterocycles. The molecule has 4 heteroatoms. The fourth-order valence-corrected chi connectivity index (χ4v) is 0.168. The van der Waals surface area contributed by atoms with E-state index < -0.39 is 6.29 Å². The number of rotatable bonds is 3. The van der Waals surface area contributed by atoms with Crippen LogP contribution in [0.15, 0.2) is 0 Å². The summed E-state index contributed by atoms with van der Waals surface area (Å²) in [6, 6.07) is 0. The SMILES string of the molecule is CCC(OO)OO. The molecule has 0 saturated heterocycles. The van der Waals surface area contributed by atoms with Crippen LogP contribution in [0.25, 0.3) is 0 Å². The minimum absolute atomic E-state index is 0.410. The van der Waals surface area contributed by atoms with Crippen LogP contribution in [0.4, 0.5) is 0 Å². The van der Waals surface area contributed by atoms with E-state index in [0.29, 0.717) is 6.42 Å². The van der Waals surface area contributed by atoms with Gasteiger partial charge in [-0.2, -0.15) is 0 Å². The zero-order chi connectivity index (χ0) is 5.70. The molecule has 0 saturated carbocycles.